The molecule has 0 atom stereocenters. The average Bonchev–Trinajstić information content (AvgIpc) is 3.05. The molecule has 25 heavy (non-hydrogen) atoms. The molecule has 0 saturated carbocycles. The van der Waals surface area contributed by atoms with Crippen molar-refractivity contribution in [1.82, 2.24) is 4.98 Å². The summed E-state index contributed by atoms with van der Waals surface area (Å²) in [7, 11) is 1.60. The monoisotopic (exact) mass is 375 g/mol. The molecule has 1 N–H and O–H groups in total. The zero-order valence-corrected chi connectivity index (χ0v) is 14.8. The molecular weight excluding hydrogens is 362 g/mol. The Hall–Kier alpha value is -2.44. The molecule has 1 heterocycles. The molecular formula is C18H14ClNO4S. The zero-order chi connectivity index (χ0) is 17.8. The van der Waals surface area contributed by atoms with Crippen molar-refractivity contribution in [3.8, 4) is 28.3 Å². The minimum absolute atomic E-state index is 0.122. The number of carbonyl (C=O) groups is 1. The van der Waals surface area contributed by atoms with Crippen LogP contribution in [0, 0.1) is 0 Å². The first kappa shape index (κ1) is 17.4. The second kappa shape index (κ2) is 7.63. The van der Waals surface area contributed by atoms with Crippen molar-refractivity contribution < 1.29 is 19.1 Å². The minimum atomic E-state index is -0.928. The van der Waals surface area contributed by atoms with Gasteiger partial charge in [-0.05, 0) is 36.4 Å². The summed E-state index contributed by atoms with van der Waals surface area (Å²) in [6.07, 6.45) is 0. The third-order valence-electron chi connectivity index (χ3n) is 3.40. The van der Waals surface area contributed by atoms with E-state index in [9.17, 15) is 4.79 Å². The summed E-state index contributed by atoms with van der Waals surface area (Å²) < 4.78 is 11.0. The molecule has 5 nitrogen and oxygen atoms in total. The van der Waals surface area contributed by atoms with Gasteiger partial charge in [0.15, 0.2) is 5.76 Å². The smallest absolute Gasteiger partial charge is 0.314 e. The molecule has 3 rings (SSSR count). The third-order valence-corrected chi connectivity index (χ3v) is 4.46. The quantitative estimate of drug-likeness (QED) is 0.621. The van der Waals surface area contributed by atoms with Crippen molar-refractivity contribution in [3.05, 3.63) is 53.6 Å². The van der Waals surface area contributed by atoms with Crippen LogP contribution in [-0.4, -0.2) is 28.9 Å². The van der Waals surface area contributed by atoms with Crippen LogP contribution in [0.2, 0.25) is 5.02 Å². The molecule has 0 bridgehead atoms. The molecule has 0 spiro atoms. The van der Waals surface area contributed by atoms with Crippen LogP contribution < -0.4 is 4.74 Å². The minimum Gasteiger partial charge on any atom is -0.497 e. The van der Waals surface area contributed by atoms with Gasteiger partial charge in [0.25, 0.3) is 5.22 Å². The second-order valence-electron chi connectivity index (χ2n) is 5.08. The SMILES string of the molecule is COc1ccc(-c2oc(SCC(=O)O)nc2-c2ccc(Cl)cc2)cc1. The Morgan fingerprint density at radius 2 is 1.80 bits per heavy atom. The van der Waals surface area contributed by atoms with E-state index in [-0.39, 0.29) is 5.75 Å². The van der Waals surface area contributed by atoms with Crippen LogP contribution >= 0.6 is 23.4 Å². The van der Waals surface area contributed by atoms with Gasteiger partial charge in [0.2, 0.25) is 0 Å². The van der Waals surface area contributed by atoms with Crippen molar-refractivity contribution in [3.63, 3.8) is 0 Å². The van der Waals surface area contributed by atoms with E-state index in [2.05, 4.69) is 4.98 Å². The number of ether oxygens (including phenoxy) is 1. The van der Waals surface area contributed by atoms with Crippen LogP contribution in [-0.2, 0) is 4.79 Å². The molecule has 0 aliphatic carbocycles. The van der Waals surface area contributed by atoms with Crippen LogP contribution in [0.5, 0.6) is 5.75 Å². The molecule has 7 heteroatoms. The van der Waals surface area contributed by atoms with Crippen molar-refractivity contribution >= 4 is 29.3 Å². The van der Waals surface area contributed by atoms with Crippen molar-refractivity contribution in [1.29, 1.82) is 0 Å². The highest BCUT2D eigenvalue weighted by Crippen LogP contribution is 2.36. The normalized spacial score (nSPS) is 10.6. The van der Waals surface area contributed by atoms with Gasteiger partial charge in [-0.1, -0.05) is 35.5 Å². The van der Waals surface area contributed by atoms with E-state index in [0.29, 0.717) is 21.7 Å². The second-order valence-corrected chi connectivity index (χ2v) is 6.44. The number of oxazole rings is 1. The number of hydrogen-bond acceptors (Lipinski definition) is 5. The van der Waals surface area contributed by atoms with Crippen molar-refractivity contribution in [2.45, 2.75) is 5.22 Å². The van der Waals surface area contributed by atoms with Crippen LogP contribution in [0.15, 0.2) is 58.2 Å². The van der Waals surface area contributed by atoms with Crippen LogP contribution in [0.4, 0.5) is 0 Å². The summed E-state index contributed by atoms with van der Waals surface area (Å²) in [5, 5.41) is 9.78. The number of thioether (sulfide) groups is 1. The summed E-state index contributed by atoms with van der Waals surface area (Å²) in [6.45, 7) is 0. The highest BCUT2D eigenvalue weighted by Gasteiger charge is 2.18. The fraction of sp³-hybridized carbons (Fsp3) is 0.111. The Bertz CT molecular complexity index is 875. The maximum atomic E-state index is 10.8. The lowest BCUT2D eigenvalue weighted by Crippen LogP contribution is -1.97. The predicted molar refractivity (Wildman–Crippen MR) is 97.3 cm³/mol. The van der Waals surface area contributed by atoms with E-state index in [1.165, 1.54) is 0 Å². The van der Waals surface area contributed by atoms with Gasteiger partial charge in [0.1, 0.15) is 17.2 Å². The van der Waals surface area contributed by atoms with E-state index < -0.39 is 5.97 Å². The van der Waals surface area contributed by atoms with Crippen LogP contribution in [0.3, 0.4) is 0 Å². The number of methoxy groups -OCH3 is 1. The summed E-state index contributed by atoms with van der Waals surface area (Å²) in [5.41, 5.74) is 2.29. The van der Waals surface area contributed by atoms with E-state index in [1.54, 1.807) is 19.2 Å². The number of carboxylic acid groups (broad SMARTS) is 1. The van der Waals surface area contributed by atoms with Gasteiger partial charge >= 0.3 is 5.97 Å². The Morgan fingerprint density at radius 1 is 1.16 bits per heavy atom. The van der Waals surface area contributed by atoms with Gasteiger partial charge in [-0.2, -0.15) is 0 Å². The first-order valence-corrected chi connectivity index (χ1v) is 8.69. The fourth-order valence-corrected chi connectivity index (χ4v) is 2.90. The molecule has 0 radical (unpaired) electrons. The Morgan fingerprint density at radius 3 is 2.40 bits per heavy atom. The maximum Gasteiger partial charge on any atom is 0.314 e. The molecule has 128 valence electrons. The Balaban J connectivity index is 2.03. The lowest BCUT2D eigenvalue weighted by molar-refractivity contribution is -0.133. The third kappa shape index (κ3) is 4.15. The number of aromatic nitrogens is 1. The molecule has 1 aromatic heterocycles. The van der Waals surface area contributed by atoms with E-state index in [4.69, 9.17) is 25.9 Å². The highest BCUT2D eigenvalue weighted by molar-refractivity contribution is 7.99. The number of carboxylic acids is 1. The average molecular weight is 376 g/mol. The van der Waals surface area contributed by atoms with Crippen molar-refractivity contribution in [2.75, 3.05) is 12.9 Å². The van der Waals surface area contributed by atoms with Gasteiger partial charge in [-0.15, -0.1) is 0 Å². The lowest BCUT2D eigenvalue weighted by atomic mass is 10.1. The topological polar surface area (TPSA) is 72.6 Å². The van der Waals surface area contributed by atoms with E-state index in [0.717, 1.165) is 28.6 Å². The molecule has 0 saturated heterocycles. The van der Waals surface area contributed by atoms with Crippen LogP contribution in [0.25, 0.3) is 22.6 Å². The van der Waals surface area contributed by atoms with Gasteiger partial charge in [-0.25, -0.2) is 4.98 Å². The van der Waals surface area contributed by atoms with Gasteiger partial charge in [0.05, 0.1) is 7.11 Å². The number of halogens is 1. The molecule has 2 aromatic carbocycles. The number of aliphatic carboxylic acids is 1. The number of benzene rings is 2. The first-order chi connectivity index (χ1) is 12.1. The van der Waals surface area contributed by atoms with Gasteiger partial charge < -0.3 is 14.3 Å². The van der Waals surface area contributed by atoms with E-state index >= 15 is 0 Å². The Kier molecular flexibility index (Phi) is 5.31. The summed E-state index contributed by atoms with van der Waals surface area (Å²) in [4.78, 5) is 15.3. The number of hydrogen-bond donors (Lipinski definition) is 1. The maximum absolute atomic E-state index is 10.8. The number of rotatable bonds is 6. The summed E-state index contributed by atoms with van der Waals surface area (Å²) in [6, 6.07) is 14.6. The number of nitrogens with zero attached hydrogens (tertiary/aromatic N) is 1. The molecule has 0 aliphatic heterocycles. The Labute approximate surface area is 153 Å². The predicted octanol–water partition coefficient (Wildman–Crippen LogP) is 4.85. The zero-order valence-electron chi connectivity index (χ0n) is 13.2. The fourth-order valence-electron chi connectivity index (χ4n) is 2.23. The van der Waals surface area contributed by atoms with Crippen LogP contribution in [0.1, 0.15) is 0 Å². The van der Waals surface area contributed by atoms with E-state index in [1.807, 2.05) is 36.4 Å². The molecule has 0 aliphatic rings. The molecule has 0 unspecified atom stereocenters. The van der Waals surface area contributed by atoms with Gasteiger partial charge in [0, 0.05) is 16.1 Å². The molecule has 0 amide bonds. The highest BCUT2D eigenvalue weighted by atomic mass is 35.5. The molecule has 3 aromatic rings. The molecule has 0 fully saturated rings. The summed E-state index contributed by atoms with van der Waals surface area (Å²) >= 11 is 6.99. The largest absolute Gasteiger partial charge is 0.497 e. The standard InChI is InChI=1S/C18H14ClNO4S/c1-23-14-8-4-12(5-9-14)17-16(11-2-6-13(19)7-3-11)20-18(24-17)25-10-15(21)22/h2-9H,10H2,1H3,(H,21,22). The summed E-state index contributed by atoms with van der Waals surface area (Å²) in [5.74, 6) is 0.250. The van der Waals surface area contributed by atoms with Crippen molar-refractivity contribution in [2.24, 2.45) is 0 Å². The first-order valence-electron chi connectivity index (χ1n) is 7.32. The lowest BCUT2D eigenvalue weighted by Gasteiger charge is -2.03. The van der Waals surface area contributed by atoms with Gasteiger partial charge in [-0.3, -0.25) is 4.79 Å².